The molecule has 2 saturated heterocycles. The van der Waals surface area contributed by atoms with E-state index in [4.69, 9.17) is 9.47 Å². The Morgan fingerprint density at radius 1 is 0.936 bits per heavy atom. The predicted molar refractivity (Wildman–Crippen MR) is 152 cm³/mol. The third kappa shape index (κ3) is 6.88. The summed E-state index contributed by atoms with van der Waals surface area (Å²) >= 11 is 3.37. The molecule has 1 atom stereocenters. The fraction of sp³-hybridized carbons (Fsp3) is 0.533. The van der Waals surface area contributed by atoms with Crippen LogP contribution in [0.2, 0.25) is 0 Å². The highest BCUT2D eigenvalue weighted by Gasteiger charge is 2.55. The summed E-state index contributed by atoms with van der Waals surface area (Å²) in [6.45, 7) is 0.879. The van der Waals surface area contributed by atoms with Gasteiger partial charge in [-0.3, -0.25) is 9.48 Å². The number of piperidine rings is 1. The van der Waals surface area contributed by atoms with E-state index in [-0.39, 0.29) is 28.3 Å². The number of hydrogen-bond donors (Lipinski definition) is 0. The van der Waals surface area contributed by atoms with E-state index in [1.54, 1.807) is 0 Å². The SMILES string of the molecule is O=C(C[C@@H](Cc1cc(F)cc(F)c1)c1nc(N2CCC3(CC2)OCCO3)ncc1Br)Cn1nc(C(F)F)c2c1C(F)(F)CCC2(F)F. The number of rotatable bonds is 9. The molecule has 254 valence electrons. The molecule has 0 amide bonds. The van der Waals surface area contributed by atoms with E-state index >= 15 is 0 Å². The maximum Gasteiger partial charge on any atom is 0.290 e. The molecule has 0 unspecified atom stereocenters. The lowest BCUT2D eigenvalue weighted by atomic mass is 9.88. The number of halogens is 9. The van der Waals surface area contributed by atoms with Crippen molar-refractivity contribution in [3.05, 3.63) is 68.7 Å². The Labute approximate surface area is 271 Å². The zero-order valence-corrected chi connectivity index (χ0v) is 26.2. The predicted octanol–water partition coefficient (Wildman–Crippen LogP) is 6.96. The highest BCUT2D eigenvalue weighted by molar-refractivity contribution is 9.10. The van der Waals surface area contributed by atoms with E-state index in [0.29, 0.717) is 49.7 Å². The molecule has 2 fully saturated rings. The van der Waals surface area contributed by atoms with Crippen LogP contribution >= 0.6 is 15.9 Å². The number of carbonyl (C=O) groups excluding carboxylic acids is 1. The van der Waals surface area contributed by atoms with Gasteiger partial charge in [-0.15, -0.1) is 0 Å². The van der Waals surface area contributed by atoms with Crippen molar-refractivity contribution in [2.24, 2.45) is 0 Å². The topological polar surface area (TPSA) is 82.4 Å². The van der Waals surface area contributed by atoms with Gasteiger partial charge in [0.15, 0.2) is 11.6 Å². The van der Waals surface area contributed by atoms with Crippen LogP contribution in [0, 0.1) is 11.6 Å². The van der Waals surface area contributed by atoms with Gasteiger partial charge in [-0.25, -0.2) is 36.3 Å². The van der Waals surface area contributed by atoms with E-state index < -0.39 is 90.2 Å². The molecular weight excluding hydrogens is 710 g/mol. The van der Waals surface area contributed by atoms with Gasteiger partial charge >= 0.3 is 0 Å². The number of Topliss-reactive ketones (excluding diaryl/α,β-unsaturated/α-hetero) is 1. The van der Waals surface area contributed by atoms with Crippen molar-refractivity contribution < 1.29 is 49.4 Å². The Balaban J connectivity index is 1.31. The number of hydrogen-bond acceptors (Lipinski definition) is 7. The van der Waals surface area contributed by atoms with Crippen molar-refractivity contribution in [1.82, 2.24) is 19.7 Å². The van der Waals surface area contributed by atoms with Crippen molar-refractivity contribution in [1.29, 1.82) is 0 Å². The molecule has 0 saturated carbocycles. The van der Waals surface area contributed by atoms with Gasteiger partial charge < -0.3 is 14.4 Å². The van der Waals surface area contributed by atoms with Gasteiger partial charge in [0.25, 0.3) is 18.3 Å². The number of ketones is 1. The first-order chi connectivity index (χ1) is 22.2. The molecule has 1 aromatic carbocycles. The molecule has 0 bridgehead atoms. The number of ether oxygens (including phenoxy) is 2. The van der Waals surface area contributed by atoms with Gasteiger partial charge in [0.2, 0.25) is 5.95 Å². The molecule has 0 radical (unpaired) electrons. The van der Waals surface area contributed by atoms with Crippen LogP contribution in [-0.2, 0) is 39.1 Å². The fourth-order valence-electron chi connectivity index (χ4n) is 6.46. The first-order valence-electron chi connectivity index (χ1n) is 14.8. The molecule has 0 N–H and O–H groups in total. The number of benzene rings is 1. The first-order valence-corrected chi connectivity index (χ1v) is 15.6. The number of aromatic nitrogens is 4. The molecule has 4 heterocycles. The summed E-state index contributed by atoms with van der Waals surface area (Å²) in [5.41, 5.74) is -4.11. The average molecular weight is 738 g/mol. The second kappa shape index (κ2) is 12.7. The molecule has 3 aliphatic rings. The summed E-state index contributed by atoms with van der Waals surface area (Å²) in [6, 6.07) is 2.79. The molecule has 47 heavy (non-hydrogen) atoms. The summed E-state index contributed by atoms with van der Waals surface area (Å²) in [5, 5.41) is 3.36. The van der Waals surface area contributed by atoms with Gasteiger partial charge in [0, 0.05) is 63.4 Å². The molecule has 17 heteroatoms. The molecular formula is C30H28BrF8N5O3. The minimum atomic E-state index is -4.00. The van der Waals surface area contributed by atoms with E-state index in [0.717, 1.165) is 12.1 Å². The van der Waals surface area contributed by atoms with Gasteiger partial charge in [-0.2, -0.15) is 13.9 Å². The van der Waals surface area contributed by atoms with Crippen LogP contribution < -0.4 is 4.90 Å². The average Bonchev–Trinajstić information content (AvgIpc) is 3.62. The van der Waals surface area contributed by atoms with Crippen LogP contribution in [0.25, 0.3) is 0 Å². The number of carbonyl (C=O) groups is 1. The van der Waals surface area contributed by atoms with Gasteiger partial charge in [0.05, 0.1) is 28.9 Å². The number of alkyl halides is 6. The van der Waals surface area contributed by atoms with Crippen molar-refractivity contribution in [3.8, 4) is 0 Å². The number of fused-ring (bicyclic) bond motifs is 1. The van der Waals surface area contributed by atoms with E-state index in [1.165, 1.54) is 6.20 Å². The molecule has 8 nitrogen and oxygen atoms in total. The highest BCUT2D eigenvalue weighted by Crippen LogP contribution is 2.52. The normalized spacial score (nSPS) is 20.5. The van der Waals surface area contributed by atoms with Crippen molar-refractivity contribution in [2.45, 2.75) is 75.0 Å². The third-order valence-corrected chi connectivity index (χ3v) is 9.23. The summed E-state index contributed by atoms with van der Waals surface area (Å²) in [6.07, 6.45) is -4.43. The Morgan fingerprint density at radius 3 is 2.21 bits per heavy atom. The Hall–Kier alpha value is -3.18. The maximum atomic E-state index is 14.9. The molecule has 6 rings (SSSR count). The van der Waals surface area contributed by atoms with Crippen LogP contribution in [0.15, 0.2) is 28.9 Å². The van der Waals surface area contributed by atoms with E-state index in [1.807, 2.05) is 4.90 Å². The second-order valence-electron chi connectivity index (χ2n) is 11.9. The van der Waals surface area contributed by atoms with E-state index in [2.05, 4.69) is 31.0 Å². The molecule has 3 aromatic rings. The zero-order valence-electron chi connectivity index (χ0n) is 24.6. The number of nitrogens with zero attached hydrogens (tertiary/aromatic N) is 5. The lowest BCUT2D eigenvalue weighted by Gasteiger charge is -2.37. The Morgan fingerprint density at radius 2 is 1.57 bits per heavy atom. The fourth-order valence-corrected chi connectivity index (χ4v) is 6.98. The van der Waals surface area contributed by atoms with Crippen molar-refractivity contribution in [3.63, 3.8) is 0 Å². The minimum absolute atomic E-state index is 0.144. The smallest absolute Gasteiger partial charge is 0.290 e. The lowest BCUT2D eigenvalue weighted by Crippen LogP contribution is -2.45. The molecule has 2 aromatic heterocycles. The summed E-state index contributed by atoms with van der Waals surface area (Å²) in [5.74, 6) is -11.9. The first kappa shape index (κ1) is 33.7. The standard InChI is InChI=1S/C30H28BrF8N5O3/c31-21-14-40-27(43-5-3-28(4-6-43)46-7-8-47-28)41-23(21)17(9-16-10-18(32)13-19(33)11-16)12-20(45)15-44-25-22(24(42-44)26(34)35)29(36,37)1-2-30(25,38)39/h10-11,13-14,17,26H,1-9,12,15H2/t17-/m1/s1. The minimum Gasteiger partial charge on any atom is -0.347 e. The summed E-state index contributed by atoms with van der Waals surface area (Å²) in [7, 11) is 0. The number of anilines is 1. The van der Waals surface area contributed by atoms with E-state index in [9.17, 15) is 39.9 Å². The van der Waals surface area contributed by atoms with Crippen LogP contribution in [-0.4, -0.2) is 57.6 Å². The molecule has 1 spiro atoms. The monoisotopic (exact) mass is 737 g/mol. The Kier molecular flexibility index (Phi) is 9.10. The summed E-state index contributed by atoms with van der Waals surface area (Å²) in [4.78, 5) is 24.4. The van der Waals surface area contributed by atoms with Crippen LogP contribution in [0.3, 0.4) is 0 Å². The lowest BCUT2D eigenvalue weighted by molar-refractivity contribution is -0.169. The van der Waals surface area contributed by atoms with Gasteiger partial charge in [-0.1, -0.05) is 0 Å². The Bertz CT molecular complexity index is 1640. The second-order valence-corrected chi connectivity index (χ2v) is 12.7. The van der Waals surface area contributed by atoms with Gasteiger partial charge in [-0.05, 0) is 40.0 Å². The largest absolute Gasteiger partial charge is 0.347 e. The van der Waals surface area contributed by atoms with Gasteiger partial charge in [0.1, 0.15) is 29.6 Å². The highest BCUT2D eigenvalue weighted by atomic mass is 79.9. The maximum absolute atomic E-state index is 14.9. The quantitative estimate of drug-likeness (QED) is 0.220. The van der Waals surface area contributed by atoms with Crippen LogP contribution in [0.4, 0.5) is 41.1 Å². The van der Waals surface area contributed by atoms with Crippen molar-refractivity contribution >= 4 is 27.7 Å². The zero-order chi connectivity index (χ0) is 33.7. The summed E-state index contributed by atoms with van der Waals surface area (Å²) < 4.78 is 127. The van der Waals surface area contributed by atoms with Crippen LogP contribution in [0.5, 0.6) is 0 Å². The third-order valence-electron chi connectivity index (χ3n) is 8.62. The van der Waals surface area contributed by atoms with Crippen LogP contribution in [0.1, 0.15) is 72.7 Å². The molecule has 1 aliphatic carbocycles. The van der Waals surface area contributed by atoms with Crippen molar-refractivity contribution in [2.75, 3.05) is 31.2 Å². The molecule has 2 aliphatic heterocycles.